The second-order valence-corrected chi connectivity index (χ2v) is 7.93. The molecule has 0 spiro atoms. The Morgan fingerprint density at radius 1 is 0.862 bits per heavy atom. The van der Waals surface area contributed by atoms with Gasteiger partial charge in [0, 0.05) is 25.7 Å². The molecule has 0 saturated heterocycles. The first-order chi connectivity index (χ1) is 13.9. The smallest absolute Gasteiger partial charge is 0.203 e. The van der Waals surface area contributed by atoms with Gasteiger partial charge in [-0.2, -0.15) is 10.5 Å². The van der Waals surface area contributed by atoms with Gasteiger partial charge >= 0.3 is 0 Å². The number of rotatable bonds is 8. The van der Waals surface area contributed by atoms with Crippen molar-refractivity contribution in [2.45, 2.75) is 51.4 Å². The van der Waals surface area contributed by atoms with Crippen molar-refractivity contribution in [3.05, 3.63) is 10.0 Å². The number of aromatic nitrogens is 4. The molecule has 0 aliphatic rings. The van der Waals surface area contributed by atoms with Crippen LogP contribution in [0, 0.1) is 22.7 Å². The first kappa shape index (κ1) is 26.4. The number of nitrogens with zero attached hydrogens (tertiary/aromatic N) is 6. The van der Waals surface area contributed by atoms with E-state index in [1.165, 1.54) is 22.7 Å². The fraction of sp³-hybridized carbons (Fsp3) is 0.533. The van der Waals surface area contributed by atoms with Crippen molar-refractivity contribution in [2.75, 3.05) is 11.5 Å². The average Bonchev–Trinajstić information content (AvgIpc) is 3.31. The summed E-state index contributed by atoms with van der Waals surface area (Å²) in [4.78, 5) is 0. The fourth-order valence-corrected chi connectivity index (χ4v) is 3.00. The third kappa shape index (κ3) is 16.0. The number of thiocarbonyl (C=S) groups is 1. The molecule has 0 bridgehead atoms. The molecule has 0 saturated carbocycles. The molecule has 2 aromatic rings. The molecule has 0 atom stereocenters. The topological polar surface area (TPSA) is 215 Å². The molecule has 0 aliphatic carbocycles. The van der Waals surface area contributed by atoms with E-state index in [0.717, 1.165) is 48.5 Å². The van der Waals surface area contributed by atoms with Gasteiger partial charge in [0.25, 0.3) is 0 Å². The molecule has 0 amide bonds. The second kappa shape index (κ2) is 17.4. The molecular formula is C15H25N11S3. The van der Waals surface area contributed by atoms with E-state index in [1.807, 2.05) is 17.6 Å². The summed E-state index contributed by atoms with van der Waals surface area (Å²) in [5.41, 5.74) is 17.8. The Kier molecular flexibility index (Phi) is 15.9. The van der Waals surface area contributed by atoms with Crippen molar-refractivity contribution in [2.24, 2.45) is 11.6 Å². The number of nitriles is 2. The van der Waals surface area contributed by atoms with E-state index in [1.54, 1.807) is 0 Å². The molecule has 2 rings (SSSR count). The third-order valence-corrected chi connectivity index (χ3v) is 4.71. The van der Waals surface area contributed by atoms with E-state index in [9.17, 15) is 0 Å². The SMILES string of the molecule is N#CCCCCC#N.NNC(N)=S.Nc1nnc(CCCCc2nnc(N)s2)s1. The maximum atomic E-state index is 8.03. The number of unbranched alkanes of at least 4 members (excludes halogenated alkanes) is 4. The summed E-state index contributed by atoms with van der Waals surface area (Å²) < 4.78 is 0. The van der Waals surface area contributed by atoms with Crippen LogP contribution in [0.1, 0.15) is 48.5 Å². The van der Waals surface area contributed by atoms with Crippen LogP contribution in [0.4, 0.5) is 10.3 Å². The van der Waals surface area contributed by atoms with Gasteiger partial charge in [0.1, 0.15) is 10.0 Å². The van der Waals surface area contributed by atoms with E-state index >= 15 is 0 Å². The van der Waals surface area contributed by atoms with Gasteiger partial charge in [0.15, 0.2) is 5.11 Å². The maximum absolute atomic E-state index is 8.03. The Morgan fingerprint density at radius 2 is 1.24 bits per heavy atom. The van der Waals surface area contributed by atoms with Crippen molar-refractivity contribution < 1.29 is 0 Å². The fourth-order valence-electron chi connectivity index (χ4n) is 1.70. The zero-order valence-corrected chi connectivity index (χ0v) is 18.3. The van der Waals surface area contributed by atoms with E-state index in [4.69, 9.17) is 27.7 Å². The predicted molar refractivity (Wildman–Crippen MR) is 119 cm³/mol. The standard InChI is InChI=1S/C8H12N6S2.C6H8N2.CH5N3S/c9-7-13-11-5(15-7)3-1-2-4-6-12-14-8(10)16-6;7-5-3-1-2-4-6-8;2-1(5)4-3/h1-4H2,(H2,9,13)(H2,10,14);1-4H2;3H2,(H3,2,4,5). The van der Waals surface area contributed by atoms with Crippen molar-refractivity contribution in [1.82, 2.24) is 25.8 Å². The van der Waals surface area contributed by atoms with Gasteiger partial charge in [-0.15, -0.1) is 20.4 Å². The van der Waals surface area contributed by atoms with E-state index in [0.29, 0.717) is 23.1 Å². The van der Waals surface area contributed by atoms with E-state index in [2.05, 4.69) is 38.5 Å². The van der Waals surface area contributed by atoms with Crippen molar-refractivity contribution >= 4 is 50.3 Å². The van der Waals surface area contributed by atoms with Crippen LogP contribution in [-0.4, -0.2) is 25.5 Å². The van der Waals surface area contributed by atoms with Crippen molar-refractivity contribution in [3.8, 4) is 12.1 Å². The highest BCUT2D eigenvalue weighted by atomic mass is 32.1. The molecule has 0 aromatic carbocycles. The van der Waals surface area contributed by atoms with Gasteiger partial charge in [0.05, 0.1) is 12.1 Å². The Balaban J connectivity index is 0.000000506. The van der Waals surface area contributed by atoms with Crippen molar-refractivity contribution in [3.63, 3.8) is 0 Å². The second-order valence-electron chi connectivity index (χ2n) is 5.31. The van der Waals surface area contributed by atoms with Crippen LogP contribution < -0.4 is 28.5 Å². The maximum Gasteiger partial charge on any atom is 0.203 e. The Bertz CT molecular complexity index is 717. The first-order valence-electron chi connectivity index (χ1n) is 8.58. The molecule has 158 valence electrons. The summed E-state index contributed by atoms with van der Waals surface area (Å²) in [6.45, 7) is 0. The van der Waals surface area contributed by atoms with Crippen LogP contribution in [0.25, 0.3) is 0 Å². The van der Waals surface area contributed by atoms with E-state index in [-0.39, 0.29) is 5.11 Å². The first-order valence-corrected chi connectivity index (χ1v) is 10.6. The number of hydrazine groups is 1. The zero-order valence-electron chi connectivity index (χ0n) is 15.9. The average molecular weight is 456 g/mol. The lowest BCUT2D eigenvalue weighted by molar-refractivity contribution is 0.718. The number of aryl methyl sites for hydroxylation is 2. The lowest BCUT2D eigenvalue weighted by atomic mass is 10.2. The van der Waals surface area contributed by atoms with Gasteiger partial charge in [-0.25, -0.2) is 5.84 Å². The molecule has 2 heterocycles. The molecule has 0 fully saturated rings. The molecule has 2 aromatic heterocycles. The minimum atomic E-state index is 0.116. The summed E-state index contributed by atoms with van der Waals surface area (Å²) in [6.07, 6.45) is 6.84. The van der Waals surface area contributed by atoms with Crippen LogP contribution in [0.2, 0.25) is 0 Å². The quantitative estimate of drug-likeness (QED) is 0.165. The van der Waals surface area contributed by atoms with Crippen LogP contribution in [0.15, 0.2) is 0 Å². The molecular weight excluding hydrogens is 430 g/mol. The predicted octanol–water partition coefficient (Wildman–Crippen LogP) is 1.41. The minimum absolute atomic E-state index is 0.116. The lowest BCUT2D eigenvalue weighted by Gasteiger charge is -1.94. The highest BCUT2D eigenvalue weighted by Gasteiger charge is 2.03. The number of nitrogens with two attached hydrogens (primary N) is 4. The van der Waals surface area contributed by atoms with Crippen LogP contribution in [0.5, 0.6) is 0 Å². The lowest BCUT2D eigenvalue weighted by Crippen LogP contribution is -2.34. The molecule has 9 N–H and O–H groups in total. The Morgan fingerprint density at radius 3 is 1.48 bits per heavy atom. The van der Waals surface area contributed by atoms with Gasteiger partial charge in [0.2, 0.25) is 10.3 Å². The van der Waals surface area contributed by atoms with Gasteiger partial charge in [-0.05, 0) is 37.9 Å². The third-order valence-electron chi connectivity index (χ3n) is 2.97. The highest BCUT2D eigenvalue weighted by molar-refractivity contribution is 7.80. The van der Waals surface area contributed by atoms with Crippen LogP contribution >= 0.6 is 34.9 Å². The Labute approximate surface area is 183 Å². The van der Waals surface area contributed by atoms with Gasteiger partial charge in [-0.3, -0.25) is 0 Å². The summed E-state index contributed by atoms with van der Waals surface area (Å²) in [6, 6.07) is 4.03. The molecule has 11 nitrogen and oxygen atoms in total. The molecule has 0 aliphatic heterocycles. The monoisotopic (exact) mass is 455 g/mol. The normalized spacial score (nSPS) is 9.07. The molecule has 14 heteroatoms. The molecule has 29 heavy (non-hydrogen) atoms. The zero-order chi connectivity index (χ0) is 21.9. The van der Waals surface area contributed by atoms with E-state index < -0.39 is 0 Å². The summed E-state index contributed by atoms with van der Waals surface area (Å²) in [5, 5.41) is 34.7. The van der Waals surface area contributed by atoms with Crippen LogP contribution in [-0.2, 0) is 12.8 Å². The van der Waals surface area contributed by atoms with Gasteiger partial charge in [-0.1, -0.05) is 22.7 Å². The van der Waals surface area contributed by atoms with Crippen LogP contribution in [0.3, 0.4) is 0 Å². The Hall–Kier alpha value is -2.65. The van der Waals surface area contributed by atoms with Gasteiger partial charge < -0.3 is 22.6 Å². The number of anilines is 2. The minimum Gasteiger partial charge on any atom is -0.375 e. The van der Waals surface area contributed by atoms with Crippen molar-refractivity contribution in [1.29, 1.82) is 10.5 Å². The number of hydrogen-bond acceptors (Lipinski definition) is 12. The number of hydrogen-bond donors (Lipinski definition) is 5. The summed E-state index contributed by atoms with van der Waals surface area (Å²) in [5.74, 6) is 4.66. The number of nitrogen functional groups attached to an aromatic ring is 2. The summed E-state index contributed by atoms with van der Waals surface area (Å²) in [7, 11) is 0. The highest BCUT2D eigenvalue weighted by Crippen LogP contribution is 2.16. The largest absolute Gasteiger partial charge is 0.375 e. The molecule has 0 unspecified atom stereocenters. The number of nitrogens with one attached hydrogen (secondary N) is 1. The molecule has 0 radical (unpaired) electrons. The summed E-state index contributed by atoms with van der Waals surface area (Å²) >= 11 is 7.14.